The summed E-state index contributed by atoms with van der Waals surface area (Å²) in [6.07, 6.45) is 6.32. The van der Waals surface area contributed by atoms with Crippen LogP contribution in [0.2, 0.25) is 0 Å². The average molecular weight is 503 g/mol. The Labute approximate surface area is 217 Å². The molecule has 0 spiro atoms. The standard InChI is InChI=1S/C27H34N8O2/c1-17(2)19-9-25(34-31-14-19)33-24-7-6-22-23(32-24)8-20(13-30-22)21(10-28)12-29-11-18-15-35(16-18)26(36)37-27(3,4)5/h6-10,12-14,17-18,28-29H,11,15-16H2,1-5H3,(H,32,33,34)/b21-12+,28-10?. The summed E-state index contributed by atoms with van der Waals surface area (Å²) in [5, 5.41) is 22.6. The molecule has 1 aliphatic heterocycles. The van der Waals surface area contributed by atoms with Gasteiger partial charge in [0.15, 0.2) is 5.82 Å². The van der Waals surface area contributed by atoms with E-state index < -0.39 is 5.60 Å². The minimum Gasteiger partial charge on any atom is -0.444 e. The first kappa shape index (κ1) is 26.0. The number of anilines is 2. The molecule has 3 aromatic rings. The third-order valence-electron chi connectivity index (χ3n) is 5.90. The number of hydrogen-bond acceptors (Lipinski definition) is 9. The fourth-order valence-corrected chi connectivity index (χ4v) is 3.84. The number of carbonyl (C=O) groups is 1. The Morgan fingerprint density at radius 1 is 1.19 bits per heavy atom. The molecule has 37 heavy (non-hydrogen) atoms. The Morgan fingerprint density at radius 3 is 2.68 bits per heavy atom. The first-order valence-corrected chi connectivity index (χ1v) is 12.4. The minimum atomic E-state index is -0.492. The van der Waals surface area contributed by atoms with Crippen molar-refractivity contribution in [3.05, 3.63) is 54.0 Å². The van der Waals surface area contributed by atoms with Gasteiger partial charge in [-0.3, -0.25) is 4.98 Å². The minimum absolute atomic E-state index is 0.275. The number of nitrogens with zero attached hydrogens (tertiary/aromatic N) is 5. The lowest BCUT2D eigenvalue weighted by Gasteiger charge is -2.39. The molecule has 0 atom stereocenters. The molecule has 3 aromatic heterocycles. The second-order valence-corrected chi connectivity index (χ2v) is 10.5. The van der Waals surface area contributed by atoms with Gasteiger partial charge in [0.2, 0.25) is 0 Å². The van der Waals surface area contributed by atoms with Crippen molar-refractivity contribution in [2.24, 2.45) is 5.92 Å². The summed E-state index contributed by atoms with van der Waals surface area (Å²) >= 11 is 0. The molecule has 0 unspecified atom stereocenters. The first-order valence-electron chi connectivity index (χ1n) is 12.4. The zero-order chi connectivity index (χ0) is 26.6. The van der Waals surface area contributed by atoms with E-state index in [0.29, 0.717) is 54.2 Å². The Kier molecular flexibility index (Phi) is 7.66. The second-order valence-electron chi connectivity index (χ2n) is 10.5. The van der Waals surface area contributed by atoms with Crippen molar-refractivity contribution < 1.29 is 9.53 Å². The maximum Gasteiger partial charge on any atom is 0.410 e. The van der Waals surface area contributed by atoms with E-state index in [1.54, 1.807) is 23.5 Å². The van der Waals surface area contributed by atoms with Crippen molar-refractivity contribution in [2.75, 3.05) is 25.0 Å². The molecule has 0 aromatic carbocycles. The number of allylic oxidation sites excluding steroid dienone is 1. The maximum atomic E-state index is 12.1. The predicted molar refractivity (Wildman–Crippen MR) is 145 cm³/mol. The number of hydrogen-bond donors (Lipinski definition) is 3. The molecule has 10 heteroatoms. The van der Waals surface area contributed by atoms with E-state index in [1.807, 2.05) is 45.0 Å². The zero-order valence-corrected chi connectivity index (χ0v) is 21.9. The maximum absolute atomic E-state index is 12.1. The highest BCUT2D eigenvalue weighted by molar-refractivity contribution is 6.08. The molecule has 0 bridgehead atoms. The monoisotopic (exact) mass is 502 g/mol. The summed E-state index contributed by atoms with van der Waals surface area (Å²) < 4.78 is 5.40. The first-order chi connectivity index (χ1) is 17.6. The van der Waals surface area contributed by atoms with Gasteiger partial charge < -0.3 is 25.7 Å². The van der Waals surface area contributed by atoms with E-state index in [9.17, 15) is 4.79 Å². The molecule has 0 aliphatic carbocycles. The Morgan fingerprint density at radius 2 is 1.97 bits per heavy atom. The van der Waals surface area contributed by atoms with Crippen molar-refractivity contribution in [1.82, 2.24) is 30.4 Å². The number of pyridine rings is 2. The predicted octanol–water partition coefficient (Wildman–Crippen LogP) is 4.73. The van der Waals surface area contributed by atoms with Crippen molar-refractivity contribution >= 4 is 40.6 Å². The molecule has 4 rings (SSSR count). The molecule has 0 radical (unpaired) electrons. The van der Waals surface area contributed by atoms with Crippen molar-refractivity contribution in [2.45, 2.75) is 46.1 Å². The molecule has 4 heterocycles. The van der Waals surface area contributed by atoms with Crippen LogP contribution in [0.4, 0.5) is 16.4 Å². The highest BCUT2D eigenvalue weighted by Gasteiger charge is 2.33. The second kappa shape index (κ2) is 10.9. The van der Waals surface area contributed by atoms with Gasteiger partial charge in [0.1, 0.15) is 11.4 Å². The van der Waals surface area contributed by atoms with Crippen LogP contribution in [0.5, 0.6) is 0 Å². The Balaban J connectivity index is 1.39. The SMILES string of the molecule is CC(C)c1cnnc(Nc2ccc3ncc(/C(C=N)=C/NCC4CN(C(=O)OC(C)(C)C)C4)cc3n2)c1. The third-order valence-corrected chi connectivity index (χ3v) is 5.90. The molecule has 0 saturated carbocycles. The molecule has 1 saturated heterocycles. The highest BCUT2D eigenvalue weighted by atomic mass is 16.6. The molecule has 3 N–H and O–H groups in total. The van der Waals surface area contributed by atoms with Gasteiger partial charge >= 0.3 is 6.09 Å². The molecular weight excluding hydrogens is 468 g/mol. The number of aromatic nitrogens is 4. The number of carbonyl (C=O) groups excluding carboxylic acids is 1. The van der Waals surface area contributed by atoms with E-state index in [1.165, 1.54) is 6.21 Å². The molecule has 194 valence electrons. The number of fused-ring (bicyclic) bond motifs is 1. The van der Waals surface area contributed by atoms with Crippen molar-refractivity contribution in [1.29, 1.82) is 5.41 Å². The molecule has 1 aliphatic rings. The van der Waals surface area contributed by atoms with Crippen LogP contribution in [-0.4, -0.2) is 62.6 Å². The lowest BCUT2D eigenvalue weighted by Crippen LogP contribution is -2.54. The molecule has 10 nitrogen and oxygen atoms in total. The number of ether oxygens (including phenoxy) is 1. The third kappa shape index (κ3) is 6.78. The number of amides is 1. The van der Waals surface area contributed by atoms with Gasteiger partial charge in [0.25, 0.3) is 0 Å². The van der Waals surface area contributed by atoms with E-state index in [0.717, 1.165) is 16.6 Å². The van der Waals surface area contributed by atoms with E-state index >= 15 is 0 Å². The van der Waals surface area contributed by atoms with Gasteiger partial charge in [0, 0.05) is 55.3 Å². The fraction of sp³-hybridized carbons (Fsp3) is 0.407. The summed E-state index contributed by atoms with van der Waals surface area (Å²) in [4.78, 5) is 23.0. The molecule has 1 amide bonds. The van der Waals surface area contributed by atoms with Crippen LogP contribution >= 0.6 is 0 Å². The normalized spacial score (nSPS) is 14.4. The van der Waals surface area contributed by atoms with Gasteiger partial charge in [-0.05, 0) is 56.5 Å². The van der Waals surface area contributed by atoms with Gasteiger partial charge in [-0.15, -0.1) is 5.10 Å². The number of nitrogens with one attached hydrogen (secondary N) is 3. The van der Waals surface area contributed by atoms with Crippen molar-refractivity contribution in [3.8, 4) is 0 Å². The van der Waals surface area contributed by atoms with E-state index in [2.05, 4.69) is 44.6 Å². The lowest BCUT2D eigenvalue weighted by atomic mass is 10.0. The number of likely N-dealkylation sites (tertiary alicyclic amines) is 1. The highest BCUT2D eigenvalue weighted by Crippen LogP contribution is 2.22. The summed E-state index contributed by atoms with van der Waals surface area (Å²) in [6.45, 7) is 11.8. The van der Waals surface area contributed by atoms with Gasteiger partial charge in [-0.2, -0.15) is 5.10 Å². The van der Waals surface area contributed by atoms with Crippen LogP contribution in [0, 0.1) is 11.3 Å². The molecule has 1 fully saturated rings. The van der Waals surface area contributed by atoms with Gasteiger partial charge in [0.05, 0.1) is 17.2 Å². The van der Waals surface area contributed by atoms with E-state index in [4.69, 9.17) is 10.1 Å². The van der Waals surface area contributed by atoms with Crippen LogP contribution < -0.4 is 10.6 Å². The van der Waals surface area contributed by atoms with Crippen LogP contribution in [-0.2, 0) is 4.74 Å². The van der Waals surface area contributed by atoms with E-state index in [-0.39, 0.29) is 6.09 Å². The Bertz CT molecular complexity index is 1310. The number of rotatable bonds is 8. The summed E-state index contributed by atoms with van der Waals surface area (Å²) in [5.74, 6) is 1.95. The van der Waals surface area contributed by atoms with Crippen LogP contribution in [0.1, 0.15) is 51.7 Å². The summed E-state index contributed by atoms with van der Waals surface area (Å²) in [7, 11) is 0. The topological polar surface area (TPSA) is 129 Å². The van der Waals surface area contributed by atoms with Crippen molar-refractivity contribution in [3.63, 3.8) is 0 Å². The van der Waals surface area contributed by atoms with Gasteiger partial charge in [-0.25, -0.2) is 9.78 Å². The van der Waals surface area contributed by atoms with Crippen LogP contribution in [0.25, 0.3) is 16.6 Å². The van der Waals surface area contributed by atoms with Crippen LogP contribution in [0.15, 0.2) is 42.9 Å². The Hall–Kier alpha value is -4.08. The molecular formula is C27H34N8O2. The quantitative estimate of drug-likeness (QED) is 0.377. The smallest absolute Gasteiger partial charge is 0.410 e. The lowest BCUT2D eigenvalue weighted by molar-refractivity contribution is -0.000362. The van der Waals surface area contributed by atoms with Crippen LogP contribution in [0.3, 0.4) is 0 Å². The zero-order valence-electron chi connectivity index (χ0n) is 21.9. The average Bonchev–Trinajstić information content (AvgIpc) is 2.81. The largest absolute Gasteiger partial charge is 0.444 e. The summed E-state index contributed by atoms with van der Waals surface area (Å²) in [6, 6.07) is 7.63. The van der Waals surface area contributed by atoms with Gasteiger partial charge in [-0.1, -0.05) is 13.8 Å². The fourth-order valence-electron chi connectivity index (χ4n) is 3.84. The summed E-state index contributed by atoms with van der Waals surface area (Å²) in [5.41, 5.74) is 3.53.